The second-order valence-electron chi connectivity index (χ2n) is 8.56. The fourth-order valence-electron chi connectivity index (χ4n) is 4.01. The predicted octanol–water partition coefficient (Wildman–Crippen LogP) is 2.54. The van der Waals surface area contributed by atoms with E-state index in [9.17, 15) is 18.0 Å². The molecule has 1 aliphatic rings. The van der Waals surface area contributed by atoms with Gasteiger partial charge in [0.05, 0.1) is 31.0 Å². The van der Waals surface area contributed by atoms with Gasteiger partial charge in [0.1, 0.15) is 16.5 Å². The number of nitrogens with one attached hydrogen (secondary N) is 1. The summed E-state index contributed by atoms with van der Waals surface area (Å²) in [4.78, 5) is 38.5. The second-order valence-corrected chi connectivity index (χ2v) is 12.2. The molecule has 3 aromatic heterocycles. The van der Waals surface area contributed by atoms with Crippen molar-refractivity contribution in [3.8, 4) is 5.75 Å². The van der Waals surface area contributed by atoms with E-state index in [1.54, 1.807) is 47.3 Å². The smallest absolute Gasteiger partial charge is 0.299 e. The van der Waals surface area contributed by atoms with Gasteiger partial charge in [-0.1, -0.05) is 6.07 Å². The molecule has 10 nitrogen and oxygen atoms in total. The van der Waals surface area contributed by atoms with Gasteiger partial charge in [0.15, 0.2) is 0 Å². The van der Waals surface area contributed by atoms with Gasteiger partial charge in [-0.15, -0.1) is 22.7 Å². The molecule has 3 aromatic rings. The SMILES string of the molecule is COc1ccc(C2(C(=O)N(CCCc3cccs3)Cc3nc(C(=O)NS(N)(=O)=O)c(C)s3)CC2)nc1. The first-order valence-corrected chi connectivity index (χ1v) is 14.5. The van der Waals surface area contributed by atoms with Gasteiger partial charge in [-0.05, 0) is 56.2 Å². The maximum absolute atomic E-state index is 13.9. The fraction of sp³-hybridized carbons (Fsp3) is 0.391. The molecule has 13 heteroatoms. The number of thiophene rings is 1. The highest BCUT2D eigenvalue weighted by Crippen LogP contribution is 2.49. The number of hydrogen-bond donors (Lipinski definition) is 2. The Morgan fingerprint density at radius 2 is 2.06 bits per heavy atom. The lowest BCUT2D eigenvalue weighted by molar-refractivity contribution is -0.134. The zero-order chi connectivity index (χ0) is 25.9. The van der Waals surface area contributed by atoms with Crippen molar-refractivity contribution in [1.29, 1.82) is 0 Å². The molecule has 0 radical (unpaired) electrons. The number of amides is 2. The van der Waals surface area contributed by atoms with Crippen LogP contribution in [0.2, 0.25) is 0 Å². The Balaban J connectivity index is 1.55. The van der Waals surface area contributed by atoms with Crippen molar-refractivity contribution in [2.75, 3.05) is 13.7 Å². The van der Waals surface area contributed by atoms with Crippen LogP contribution in [0.4, 0.5) is 0 Å². The number of aromatic nitrogens is 2. The van der Waals surface area contributed by atoms with E-state index in [1.165, 1.54) is 16.2 Å². The summed E-state index contributed by atoms with van der Waals surface area (Å²) in [7, 11) is -2.64. The molecule has 1 fully saturated rings. The number of thiazole rings is 1. The van der Waals surface area contributed by atoms with Gasteiger partial charge in [0.2, 0.25) is 5.91 Å². The summed E-state index contributed by atoms with van der Waals surface area (Å²) in [5.41, 5.74) is 0.00284. The molecule has 4 rings (SSSR count). The van der Waals surface area contributed by atoms with Gasteiger partial charge in [-0.2, -0.15) is 8.42 Å². The molecule has 0 saturated heterocycles. The van der Waals surface area contributed by atoms with Crippen LogP contribution < -0.4 is 14.6 Å². The van der Waals surface area contributed by atoms with Crippen molar-refractivity contribution < 1.29 is 22.7 Å². The number of rotatable bonds is 11. The van der Waals surface area contributed by atoms with E-state index in [0.717, 1.165) is 12.8 Å². The molecular weight excluding hydrogens is 522 g/mol. The molecule has 192 valence electrons. The summed E-state index contributed by atoms with van der Waals surface area (Å²) in [6.07, 6.45) is 4.62. The van der Waals surface area contributed by atoms with E-state index < -0.39 is 21.5 Å². The second kappa shape index (κ2) is 10.6. The minimum Gasteiger partial charge on any atom is -0.495 e. The molecule has 2 amide bonds. The molecule has 0 spiro atoms. The van der Waals surface area contributed by atoms with Gasteiger partial charge in [-0.3, -0.25) is 14.6 Å². The molecule has 1 saturated carbocycles. The maximum Gasteiger partial charge on any atom is 0.299 e. The lowest BCUT2D eigenvalue weighted by atomic mass is 9.99. The number of ether oxygens (including phenoxy) is 1. The highest BCUT2D eigenvalue weighted by molar-refractivity contribution is 7.87. The third kappa shape index (κ3) is 6.09. The number of aryl methyl sites for hydroxylation is 2. The number of pyridine rings is 1. The quantitative estimate of drug-likeness (QED) is 0.374. The number of methoxy groups -OCH3 is 1. The number of nitrogens with zero attached hydrogens (tertiary/aromatic N) is 3. The van der Waals surface area contributed by atoms with E-state index in [1.807, 2.05) is 17.5 Å². The summed E-state index contributed by atoms with van der Waals surface area (Å²) in [5.74, 6) is -0.303. The van der Waals surface area contributed by atoms with Crippen LogP contribution in [-0.4, -0.2) is 48.8 Å². The normalized spacial score (nSPS) is 14.3. The third-order valence-electron chi connectivity index (χ3n) is 5.96. The highest BCUT2D eigenvalue weighted by Gasteiger charge is 2.54. The van der Waals surface area contributed by atoms with Crippen LogP contribution >= 0.6 is 22.7 Å². The average molecular weight is 550 g/mol. The Kier molecular flexibility index (Phi) is 7.73. The van der Waals surface area contributed by atoms with Crippen LogP contribution in [0.5, 0.6) is 5.75 Å². The summed E-state index contributed by atoms with van der Waals surface area (Å²) in [6, 6.07) is 7.71. The average Bonchev–Trinajstić information content (AvgIpc) is 3.31. The van der Waals surface area contributed by atoms with Gasteiger partial charge in [0, 0.05) is 16.3 Å². The summed E-state index contributed by atoms with van der Waals surface area (Å²) >= 11 is 2.92. The predicted molar refractivity (Wildman–Crippen MR) is 137 cm³/mol. The topological polar surface area (TPSA) is 145 Å². The molecule has 0 unspecified atom stereocenters. The minimum absolute atomic E-state index is 0.0204. The Morgan fingerprint density at radius 3 is 2.64 bits per heavy atom. The van der Waals surface area contributed by atoms with Crippen LogP contribution in [0.3, 0.4) is 0 Å². The van der Waals surface area contributed by atoms with Crippen LogP contribution in [0.1, 0.15) is 50.2 Å². The first kappa shape index (κ1) is 26.2. The number of carbonyl (C=O) groups excluding carboxylic acids is 2. The van der Waals surface area contributed by atoms with Crippen LogP contribution in [-0.2, 0) is 33.4 Å². The van der Waals surface area contributed by atoms with Crippen molar-refractivity contribution in [2.24, 2.45) is 5.14 Å². The maximum atomic E-state index is 13.9. The largest absolute Gasteiger partial charge is 0.495 e. The zero-order valence-electron chi connectivity index (χ0n) is 19.9. The molecule has 0 atom stereocenters. The van der Waals surface area contributed by atoms with E-state index >= 15 is 0 Å². The van der Waals surface area contributed by atoms with Crippen molar-refractivity contribution >= 4 is 44.7 Å². The number of carbonyl (C=O) groups is 2. The monoisotopic (exact) mass is 549 g/mol. The van der Waals surface area contributed by atoms with Crippen LogP contribution in [0.15, 0.2) is 35.8 Å². The van der Waals surface area contributed by atoms with Gasteiger partial charge < -0.3 is 9.64 Å². The van der Waals surface area contributed by atoms with Crippen molar-refractivity contribution in [3.05, 3.63) is 62.0 Å². The van der Waals surface area contributed by atoms with E-state index in [4.69, 9.17) is 9.88 Å². The Bertz CT molecular complexity index is 1330. The molecular formula is C23H27N5O5S3. The Labute approximate surface area is 217 Å². The van der Waals surface area contributed by atoms with Crippen molar-refractivity contribution in [1.82, 2.24) is 19.6 Å². The van der Waals surface area contributed by atoms with Crippen molar-refractivity contribution in [3.63, 3.8) is 0 Å². The van der Waals surface area contributed by atoms with Gasteiger partial charge in [-0.25, -0.2) is 14.8 Å². The summed E-state index contributed by atoms with van der Waals surface area (Å²) < 4.78 is 29.5. The molecule has 0 aromatic carbocycles. The third-order valence-corrected chi connectivity index (χ3v) is 8.32. The molecule has 36 heavy (non-hydrogen) atoms. The summed E-state index contributed by atoms with van der Waals surface area (Å²) in [6.45, 7) is 2.38. The van der Waals surface area contributed by atoms with E-state index in [-0.39, 0.29) is 18.1 Å². The molecule has 0 aliphatic heterocycles. The first-order valence-electron chi connectivity index (χ1n) is 11.2. The van der Waals surface area contributed by atoms with E-state index in [0.29, 0.717) is 40.7 Å². The van der Waals surface area contributed by atoms with Crippen LogP contribution in [0.25, 0.3) is 0 Å². The van der Waals surface area contributed by atoms with Gasteiger partial charge >= 0.3 is 0 Å². The Morgan fingerprint density at radius 1 is 1.28 bits per heavy atom. The summed E-state index contributed by atoms with van der Waals surface area (Å²) in [5, 5.41) is 7.49. The van der Waals surface area contributed by atoms with Crippen LogP contribution in [0, 0.1) is 6.92 Å². The highest BCUT2D eigenvalue weighted by atomic mass is 32.2. The Hall–Kier alpha value is -2.87. The standard InChI is InChI=1S/C23H27N5O5S3/c1-15-20(21(29)27-36(24,31)32)26-19(35-15)14-28(11-3-5-17-6-4-12-34-17)22(30)23(9-10-23)18-8-7-16(33-2)13-25-18/h4,6-8,12-13H,3,5,9-11,14H2,1-2H3,(H,27,29)(H2,24,31,32). The van der Waals surface area contributed by atoms with E-state index in [2.05, 4.69) is 16.0 Å². The minimum atomic E-state index is -4.21. The number of nitrogens with two attached hydrogens (primary N) is 1. The molecule has 1 aliphatic carbocycles. The zero-order valence-corrected chi connectivity index (χ0v) is 22.3. The lowest BCUT2D eigenvalue weighted by Crippen LogP contribution is -2.40. The van der Waals surface area contributed by atoms with Gasteiger partial charge in [0.25, 0.3) is 16.1 Å². The fourth-order valence-corrected chi connectivity index (χ4v) is 6.07. The lowest BCUT2D eigenvalue weighted by Gasteiger charge is -2.26. The number of hydrogen-bond acceptors (Lipinski definition) is 9. The molecule has 3 heterocycles. The van der Waals surface area contributed by atoms with Crippen molar-refractivity contribution in [2.45, 2.75) is 44.6 Å². The molecule has 3 N–H and O–H groups in total. The first-order chi connectivity index (χ1) is 17.1. The molecule has 0 bridgehead atoms.